The number of nitrogens with one attached hydrogen (secondary N) is 2. The van der Waals surface area contributed by atoms with Crippen LogP contribution in [0, 0.1) is 0 Å². The van der Waals surface area contributed by atoms with E-state index in [1.165, 1.54) is 0 Å². The number of H-pyrrole nitrogens is 1. The number of halogens is 1. The molecule has 0 radical (unpaired) electrons. The van der Waals surface area contributed by atoms with Crippen LogP contribution in [0.4, 0.5) is 28.8 Å². The maximum Gasteiger partial charge on any atom is 0.282 e. The quantitative estimate of drug-likeness (QED) is 0.619. The zero-order valence-electron chi connectivity index (χ0n) is 12.4. The summed E-state index contributed by atoms with van der Waals surface area (Å²) in [6.07, 6.45) is 0. The summed E-state index contributed by atoms with van der Waals surface area (Å²) in [4.78, 5) is 18.6. The molecule has 0 spiro atoms. The van der Waals surface area contributed by atoms with Crippen molar-refractivity contribution in [3.63, 3.8) is 0 Å². The molecule has 0 fully saturated rings. The Bertz CT molecular complexity index is 922. The molecule has 7 nitrogen and oxygen atoms in total. The van der Waals surface area contributed by atoms with Crippen molar-refractivity contribution in [3.05, 3.63) is 70.0 Å². The van der Waals surface area contributed by atoms with Crippen LogP contribution < -0.4 is 16.6 Å². The number of azo groups is 1. The highest BCUT2D eigenvalue weighted by molar-refractivity contribution is 6.30. The Morgan fingerprint density at radius 1 is 1.04 bits per heavy atom. The SMILES string of the molecule is Nc1nc(Nc2ccc(Cl)cc2)c(N=Nc2ccccc2)c(=O)[nH]1. The number of nitrogens with zero attached hydrogens (tertiary/aromatic N) is 3. The van der Waals surface area contributed by atoms with Crippen LogP contribution >= 0.6 is 11.6 Å². The molecular formula is C16H13ClN6O. The third kappa shape index (κ3) is 3.76. The van der Waals surface area contributed by atoms with Crippen molar-refractivity contribution < 1.29 is 0 Å². The first-order valence-corrected chi connectivity index (χ1v) is 7.39. The van der Waals surface area contributed by atoms with Gasteiger partial charge in [-0.05, 0) is 36.4 Å². The lowest BCUT2D eigenvalue weighted by Gasteiger charge is -2.08. The van der Waals surface area contributed by atoms with Crippen molar-refractivity contribution in [2.45, 2.75) is 0 Å². The van der Waals surface area contributed by atoms with Crippen LogP contribution in [-0.4, -0.2) is 9.97 Å². The maximum absolute atomic E-state index is 12.1. The van der Waals surface area contributed by atoms with Crippen molar-refractivity contribution in [1.82, 2.24) is 9.97 Å². The molecule has 3 rings (SSSR count). The second kappa shape index (κ2) is 6.93. The second-order valence-electron chi connectivity index (χ2n) is 4.82. The van der Waals surface area contributed by atoms with E-state index in [1.54, 1.807) is 36.4 Å². The Labute approximate surface area is 142 Å². The minimum absolute atomic E-state index is 0.0184. The van der Waals surface area contributed by atoms with Crippen molar-refractivity contribution in [2.24, 2.45) is 10.2 Å². The van der Waals surface area contributed by atoms with Gasteiger partial charge in [0.15, 0.2) is 11.5 Å². The lowest BCUT2D eigenvalue weighted by Crippen LogP contribution is -2.13. The number of hydrogen-bond acceptors (Lipinski definition) is 6. The number of rotatable bonds is 4. The molecule has 0 aliphatic heterocycles. The van der Waals surface area contributed by atoms with Gasteiger partial charge < -0.3 is 11.1 Å². The summed E-state index contributed by atoms with van der Waals surface area (Å²) in [5.41, 5.74) is 6.46. The number of aromatic nitrogens is 2. The fourth-order valence-electron chi connectivity index (χ4n) is 1.94. The fourth-order valence-corrected chi connectivity index (χ4v) is 2.06. The highest BCUT2D eigenvalue weighted by Gasteiger charge is 2.11. The fraction of sp³-hybridized carbons (Fsp3) is 0. The van der Waals surface area contributed by atoms with E-state index < -0.39 is 5.56 Å². The summed E-state index contributed by atoms with van der Waals surface area (Å²) < 4.78 is 0. The molecule has 120 valence electrons. The van der Waals surface area contributed by atoms with Crippen molar-refractivity contribution in [3.8, 4) is 0 Å². The summed E-state index contributed by atoms with van der Waals surface area (Å²) >= 11 is 5.86. The second-order valence-corrected chi connectivity index (χ2v) is 5.25. The van der Waals surface area contributed by atoms with E-state index in [-0.39, 0.29) is 17.5 Å². The minimum Gasteiger partial charge on any atom is -0.369 e. The van der Waals surface area contributed by atoms with Gasteiger partial charge in [-0.25, -0.2) is 0 Å². The van der Waals surface area contributed by atoms with Crippen molar-refractivity contribution in [1.29, 1.82) is 0 Å². The van der Waals surface area contributed by atoms with Crippen LogP contribution in [-0.2, 0) is 0 Å². The predicted molar refractivity (Wildman–Crippen MR) is 94.6 cm³/mol. The molecule has 3 aromatic rings. The van der Waals surface area contributed by atoms with Gasteiger partial charge in [-0.2, -0.15) is 10.1 Å². The molecule has 1 aromatic heterocycles. The van der Waals surface area contributed by atoms with E-state index in [0.29, 0.717) is 16.4 Å². The summed E-state index contributed by atoms with van der Waals surface area (Å²) in [5, 5.41) is 11.6. The van der Waals surface area contributed by atoms with Gasteiger partial charge in [-0.1, -0.05) is 29.8 Å². The number of nitrogens with two attached hydrogens (primary N) is 1. The van der Waals surface area contributed by atoms with Gasteiger partial charge >= 0.3 is 0 Å². The number of anilines is 3. The number of hydrogen-bond donors (Lipinski definition) is 3. The first-order chi connectivity index (χ1) is 11.6. The van der Waals surface area contributed by atoms with Crippen LogP contribution in [0.5, 0.6) is 0 Å². The zero-order valence-corrected chi connectivity index (χ0v) is 13.2. The molecule has 0 amide bonds. The normalized spacial score (nSPS) is 10.9. The molecule has 1 heterocycles. The van der Waals surface area contributed by atoms with Crippen LogP contribution in [0.15, 0.2) is 69.6 Å². The van der Waals surface area contributed by atoms with E-state index in [2.05, 4.69) is 25.5 Å². The molecule has 24 heavy (non-hydrogen) atoms. The van der Waals surface area contributed by atoms with Gasteiger partial charge in [0.2, 0.25) is 5.95 Å². The summed E-state index contributed by atoms with van der Waals surface area (Å²) in [5.74, 6) is 0.188. The highest BCUT2D eigenvalue weighted by atomic mass is 35.5. The molecule has 0 unspecified atom stereocenters. The monoisotopic (exact) mass is 340 g/mol. The van der Waals surface area contributed by atoms with Crippen molar-refractivity contribution in [2.75, 3.05) is 11.1 Å². The van der Waals surface area contributed by atoms with Gasteiger partial charge in [0.1, 0.15) is 0 Å². The number of aromatic amines is 1. The zero-order chi connectivity index (χ0) is 16.9. The Hall–Kier alpha value is -3.19. The third-order valence-corrected chi connectivity index (χ3v) is 3.29. The van der Waals surface area contributed by atoms with Gasteiger partial charge in [0.25, 0.3) is 5.56 Å². The van der Waals surface area contributed by atoms with Crippen LogP contribution in [0.2, 0.25) is 5.02 Å². The first-order valence-electron chi connectivity index (χ1n) is 7.01. The van der Waals surface area contributed by atoms with Gasteiger partial charge in [0.05, 0.1) is 5.69 Å². The van der Waals surface area contributed by atoms with Gasteiger partial charge in [-0.3, -0.25) is 9.78 Å². The lowest BCUT2D eigenvalue weighted by molar-refractivity contribution is 1.09. The Kier molecular flexibility index (Phi) is 4.53. The molecule has 0 atom stereocenters. The topological polar surface area (TPSA) is 109 Å². The van der Waals surface area contributed by atoms with E-state index in [9.17, 15) is 4.79 Å². The average Bonchev–Trinajstić information content (AvgIpc) is 2.57. The molecule has 2 aromatic carbocycles. The van der Waals surface area contributed by atoms with E-state index >= 15 is 0 Å². The molecular weight excluding hydrogens is 328 g/mol. The molecule has 0 saturated carbocycles. The molecule has 8 heteroatoms. The summed E-state index contributed by atoms with van der Waals surface area (Å²) in [7, 11) is 0. The Morgan fingerprint density at radius 2 is 1.75 bits per heavy atom. The highest BCUT2D eigenvalue weighted by Crippen LogP contribution is 2.25. The molecule has 0 bridgehead atoms. The third-order valence-electron chi connectivity index (χ3n) is 3.04. The van der Waals surface area contributed by atoms with Crippen LogP contribution in [0.3, 0.4) is 0 Å². The Morgan fingerprint density at radius 3 is 2.46 bits per heavy atom. The van der Waals surface area contributed by atoms with Crippen molar-refractivity contribution >= 4 is 40.4 Å². The lowest BCUT2D eigenvalue weighted by atomic mass is 10.3. The minimum atomic E-state index is -0.487. The van der Waals surface area contributed by atoms with Crippen LogP contribution in [0.1, 0.15) is 0 Å². The van der Waals surface area contributed by atoms with Gasteiger partial charge in [-0.15, -0.1) is 5.11 Å². The molecule has 0 aliphatic rings. The van der Waals surface area contributed by atoms with Gasteiger partial charge in [0, 0.05) is 10.7 Å². The summed E-state index contributed by atoms with van der Waals surface area (Å²) in [6.45, 7) is 0. The largest absolute Gasteiger partial charge is 0.369 e. The number of benzene rings is 2. The molecule has 0 saturated heterocycles. The smallest absolute Gasteiger partial charge is 0.282 e. The number of nitrogen functional groups attached to an aromatic ring is 1. The summed E-state index contributed by atoms with van der Waals surface area (Å²) in [6, 6.07) is 16.0. The van der Waals surface area contributed by atoms with E-state index in [1.807, 2.05) is 18.2 Å². The first kappa shape index (κ1) is 15.7. The standard InChI is InChI=1S/C16H13ClN6O/c17-10-6-8-11(9-7-10)19-14-13(15(24)21-16(18)20-14)23-22-12-4-2-1-3-5-12/h1-9H,(H4,18,19,20,21,24). The van der Waals surface area contributed by atoms with E-state index in [4.69, 9.17) is 17.3 Å². The average molecular weight is 341 g/mol. The van der Waals surface area contributed by atoms with Crippen LogP contribution in [0.25, 0.3) is 0 Å². The van der Waals surface area contributed by atoms with E-state index in [0.717, 1.165) is 0 Å². The molecule has 0 aliphatic carbocycles. The molecule has 4 N–H and O–H groups in total. The Balaban J connectivity index is 1.97. The maximum atomic E-state index is 12.1. The predicted octanol–water partition coefficient (Wildman–Crippen LogP) is 4.16.